The Bertz CT molecular complexity index is 945. The summed E-state index contributed by atoms with van der Waals surface area (Å²) in [6.45, 7) is 9.65. The van der Waals surface area contributed by atoms with Crippen molar-refractivity contribution in [2.45, 2.75) is 33.4 Å². The van der Waals surface area contributed by atoms with Gasteiger partial charge in [0, 0.05) is 49.1 Å². The zero-order valence-electron chi connectivity index (χ0n) is 17.2. The second kappa shape index (κ2) is 11.5. The lowest BCUT2D eigenvalue weighted by molar-refractivity contribution is 0.102. The minimum absolute atomic E-state index is 0. The predicted octanol–water partition coefficient (Wildman–Crippen LogP) is 4.11. The Labute approximate surface area is 194 Å². The molecule has 1 unspecified atom stereocenters. The second-order valence-corrected chi connectivity index (χ2v) is 7.72. The molecular weight excluding hydrogens is 445 g/mol. The van der Waals surface area contributed by atoms with E-state index in [0.717, 1.165) is 37.3 Å². The van der Waals surface area contributed by atoms with E-state index in [1.165, 1.54) is 6.20 Å². The molecule has 0 saturated carbocycles. The summed E-state index contributed by atoms with van der Waals surface area (Å²) in [7, 11) is 0. The van der Waals surface area contributed by atoms with E-state index < -0.39 is 0 Å². The highest BCUT2D eigenvalue weighted by Crippen LogP contribution is 2.27. The van der Waals surface area contributed by atoms with E-state index in [-0.39, 0.29) is 30.7 Å². The molecule has 1 aromatic heterocycles. The van der Waals surface area contributed by atoms with Gasteiger partial charge >= 0.3 is 0 Å². The van der Waals surface area contributed by atoms with Crippen LogP contribution in [-0.4, -0.2) is 41.5 Å². The SMILES string of the molecule is Cc1cc(C(=O)Nc2cc(Cl)cc(CN3CCNC(C)C3)c2C)cnc1C#N.Cl.Cl. The largest absolute Gasteiger partial charge is 0.322 e. The Morgan fingerprint density at radius 2 is 2.10 bits per heavy atom. The van der Waals surface area contributed by atoms with Crippen molar-refractivity contribution < 1.29 is 4.79 Å². The Hall–Kier alpha value is -1.88. The number of benzene rings is 1. The summed E-state index contributed by atoms with van der Waals surface area (Å²) in [4.78, 5) is 19.1. The first-order valence-electron chi connectivity index (χ1n) is 9.30. The van der Waals surface area contributed by atoms with E-state index in [1.54, 1.807) is 19.1 Å². The van der Waals surface area contributed by atoms with Gasteiger partial charge in [0.25, 0.3) is 5.91 Å². The molecule has 0 spiro atoms. The van der Waals surface area contributed by atoms with Crippen LogP contribution in [0.15, 0.2) is 24.4 Å². The highest BCUT2D eigenvalue weighted by atomic mass is 35.5. The van der Waals surface area contributed by atoms with Crippen LogP contribution < -0.4 is 10.6 Å². The van der Waals surface area contributed by atoms with Crippen LogP contribution in [0.25, 0.3) is 0 Å². The second-order valence-electron chi connectivity index (χ2n) is 7.28. The van der Waals surface area contributed by atoms with Crippen LogP contribution in [0.2, 0.25) is 5.02 Å². The summed E-state index contributed by atoms with van der Waals surface area (Å²) in [5.41, 5.74) is 4.20. The fourth-order valence-corrected chi connectivity index (χ4v) is 3.68. The van der Waals surface area contributed by atoms with Gasteiger partial charge < -0.3 is 10.6 Å². The summed E-state index contributed by atoms with van der Waals surface area (Å²) in [6, 6.07) is 7.87. The van der Waals surface area contributed by atoms with Crippen molar-refractivity contribution >= 4 is 48.0 Å². The third-order valence-corrected chi connectivity index (χ3v) is 5.24. The van der Waals surface area contributed by atoms with Crippen LogP contribution in [0.5, 0.6) is 0 Å². The molecule has 162 valence electrons. The lowest BCUT2D eigenvalue weighted by atomic mass is 10.0. The Balaban J connectivity index is 0.00000225. The van der Waals surface area contributed by atoms with E-state index >= 15 is 0 Å². The van der Waals surface area contributed by atoms with Crippen molar-refractivity contribution in [3.05, 3.63) is 57.4 Å². The first-order valence-corrected chi connectivity index (χ1v) is 9.68. The maximum absolute atomic E-state index is 12.7. The van der Waals surface area contributed by atoms with Crippen LogP contribution in [0.1, 0.15) is 39.7 Å². The Morgan fingerprint density at radius 1 is 1.37 bits per heavy atom. The summed E-state index contributed by atoms with van der Waals surface area (Å²) in [5.74, 6) is -0.271. The molecule has 1 aliphatic rings. The van der Waals surface area contributed by atoms with Crippen molar-refractivity contribution in [1.82, 2.24) is 15.2 Å². The van der Waals surface area contributed by atoms with Gasteiger partial charge in [-0.1, -0.05) is 11.6 Å². The standard InChI is InChI=1S/C21H24ClN5O.2ClH/c1-13-6-16(10-25-20(13)9-23)21(28)26-19-8-18(22)7-17(15(19)3)12-27-5-4-24-14(2)11-27;;/h6-8,10,14,24H,4-5,11-12H2,1-3H3,(H,26,28);2*1H. The van der Waals surface area contributed by atoms with Crippen LogP contribution >= 0.6 is 36.4 Å². The van der Waals surface area contributed by atoms with Crippen molar-refractivity contribution in [1.29, 1.82) is 5.26 Å². The average molecular weight is 471 g/mol. The number of nitrogens with zero attached hydrogens (tertiary/aromatic N) is 3. The van der Waals surface area contributed by atoms with Crippen LogP contribution in [0, 0.1) is 25.2 Å². The van der Waals surface area contributed by atoms with Crippen molar-refractivity contribution in [3.8, 4) is 6.07 Å². The van der Waals surface area contributed by atoms with Gasteiger partial charge in [0.2, 0.25) is 0 Å². The van der Waals surface area contributed by atoms with Gasteiger partial charge in [-0.2, -0.15) is 5.26 Å². The molecule has 1 saturated heterocycles. The average Bonchev–Trinajstić information content (AvgIpc) is 2.65. The van der Waals surface area contributed by atoms with Crippen molar-refractivity contribution in [2.75, 3.05) is 25.0 Å². The fraction of sp³-hybridized carbons (Fsp3) is 0.381. The number of halogens is 3. The molecule has 9 heteroatoms. The van der Waals surface area contributed by atoms with Crippen molar-refractivity contribution in [3.63, 3.8) is 0 Å². The van der Waals surface area contributed by atoms with Crippen LogP contribution in [-0.2, 0) is 6.54 Å². The minimum atomic E-state index is -0.271. The number of pyridine rings is 1. The zero-order valence-corrected chi connectivity index (χ0v) is 19.5. The van der Waals surface area contributed by atoms with Crippen LogP contribution in [0.3, 0.4) is 0 Å². The molecule has 1 aromatic carbocycles. The van der Waals surface area contributed by atoms with E-state index in [0.29, 0.717) is 33.6 Å². The highest BCUT2D eigenvalue weighted by Gasteiger charge is 2.18. The quantitative estimate of drug-likeness (QED) is 0.703. The summed E-state index contributed by atoms with van der Waals surface area (Å²) in [5, 5.41) is 16.0. The number of aromatic nitrogens is 1. The normalized spacial score (nSPS) is 16.0. The number of anilines is 1. The first-order chi connectivity index (χ1) is 13.4. The fourth-order valence-electron chi connectivity index (χ4n) is 3.44. The lowest BCUT2D eigenvalue weighted by Gasteiger charge is -2.32. The molecule has 2 heterocycles. The monoisotopic (exact) mass is 469 g/mol. The molecule has 1 aliphatic heterocycles. The number of nitrogens with one attached hydrogen (secondary N) is 2. The van der Waals surface area contributed by atoms with Gasteiger partial charge in [-0.15, -0.1) is 24.8 Å². The molecule has 0 aliphatic carbocycles. The number of carbonyl (C=O) groups is 1. The van der Waals surface area contributed by atoms with Gasteiger partial charge in [-0.3, -0.25) is 9.69 Å². The third kappa shape index (κ3) is 6.31. The van der Waals surface area contributed by atoms with Crippen LogP contribution in [0.4, 0.5) is 5.69 Å². The summed E-state index contributed by atoms with van der Waals surface area (Å²) >= 11 is 6.33. The highest BCUT2D eigenvalue weighted by molar-refractivity contribution is 6.31. The number of hydrogen-bond acceptors (Lipinski definition) is 5. The Morgan fingerprint density at radius 3 is 2.73 bits per heavy atom. The summed E-state index contributed by atoms with van der Waals surface area (Å²) < 4.78 is 0. The molecule has 3 rings (SSSR count). The third-order valence-electron chi connectivity index (χ3n) is 5.02. The first kappa shape index (κ1) is 26.2. The topological polar surface area (TPSA) is 81.1 Å². The number of hydrogen-bond donors (Lipinski definition) is 2. The minimum Gasteiger partial charge on any atom is -0.322 e. The number of amides is 1. The number of nitriles is 1. The molecule has 1 fully saturated rings. The molecule has 2 N–H and O–H groups in total. The van der Waals surface area contributed by atoms with E-state index in [4.69, 9.17) is 16.9 Å². The van der Waals surface area contributed by atoms with E-state index in [2.05, 4.69) is 27.4 Å². The molecule has 6 nitrogen and oxygen atoms in total. The van der Waals surface area contributed by atoms with Gasteiger partial charge in [0.1, 0.15) is 11.8 Å². The molecule has 2 aromatic rings. The van der Waals surface area contributed by atoms with Crippen molar-refractivity contribution in [2.24, 2.45) is 0 Å². The Kier molecular flexibility index (Phi) is 10.0. The molecule has 30 heavy (non-hydrogen) atoms. The predicted molar refractivity (Wildman–Crippen MR) is 125 cm³/mol. The van der Waals surface area contributed by atoms with E-state index in [1.807, 2.05) is 19.1 Å². The van der Waals surface area contributed by atoms with Gasteiger partial charge in [-0.05, 0) is 55.7 Å². The number of piperazine rings is 1. The molecule has 1 atom stereocenters. The lowest BCUT2D eigenvalue weighted by Crippen LogP contribution is -2.48. The maximum Gasteiger partial charge on any atom is 0.257 e. The number of carbonyl (C=O) groups excluding carboxylic acids is 1. The number of rotatable bonds is 4. The smallest absolute Gasteiger partial charge is 0.257 e. The molecule has 0 bridgehead atoms. The molecular formula is C21H26Cl3N5O. The zero-order chi connectivity index (χ0) is 20.3. The molecule has 0 radical (unpaired) electrons. The van der Waals surface area contributed by atoms with Gasteiger partial charge in [0.15, 0.2) is 0 Å². The number of aryl methyl sites for hydroxylation is 1. The van der Waals surface area contributed by atoms with Gasteiger partial charge in [0.05, 0.1) is 5.56 Å². The van der Waals surface area contributed by atoms with E-state index in [9.17, 15) is 4.79 Å². The summed E-state index contributed by atoms with van der Waals surface area (Å²) in [6.07, 6.45) is 1.42. The maximum atomic E-state index is 12.7. The van der Waals surface area contributed by atoms with Gasteiger partial charge in [-0.25, -0.2) is 4.98 Å². The molecule has 1 amide bonds.